The van der Waals surface area contributed by atoms with Crippen molar-refractivity contribution < 1.29 is 4.79 Å². The number of anilines is 1. The molecule has 2 aromatic carbocycles. The molecule has 7 heteroatoms. The van der Waals surface area contributed by atoms with E-state index in [0.717, 1.165) is 30.0 Å². The summed E-state index contributed by atoms with van der Waals surface area (Å²) in [4.78, 5) is 23.8. The maximum atomic E-state index is 12.6. The minimum atomic E-state index is -0.0796. The van der Waals surface area contributed by atoms with Crippen molar-refractivity contribution in [2.45, 2.75) is 36.7 Å². The molecule has 0 spiro atoms. The molecule has 1 atom stereocenters. The van der Waals surface area contributed by atoms with E-state index in [1.54, 1.807) is 11.8 Å². The van der Waals surface area contributed by atoms with Crippen molar-refractivity contribution in [2.75, 3.05) is 18.0 Å². The Morgan fingerprint density at radius 1 is 1.10 bits per heavy atom. The Kier molecular flexibility index (Phi) is 7.10. The van der Waals surface area contributed by atoms with Gasteiger partial charge in [0.05, 0.1) is 6.04 Å². The molecule has 1 aliphatic heterocycles. The lowest BCUT2D eigenvalue weighted by Gasteiger charge is -2.16. The van der Waals surface area contributed by atoms with Crippen LogP contribution in [0.2, 0.25) is 5.15 Å². The van der Waals surface area contributed by atoms with Crippen LogP contribution in [-0.2, 0) is 5.75 Å². The predicted molar refractivity (Wildman–Crippen MR) is 127 cm³/mol. The summed E-state index contributed by atoms with van der Waals surface area (Å²) in [6.45, 7) is 4.02. The molecule has 1 aromatic heterocycles. The second-order valence-corrected chi connectivity index (χ2v) is 8.95. The largest absolute Gasteiger partial charge is 0.356 e. The molecule has 0 bridgehead atoms. The van der Waals surface area contributed by atoms with Crippen LogP contribution in [0.25, 0.3) is 0 Å². The Morgan fingerprint density at radius 3 is 2.52 bits per heavy atom. The van der Waals surface area contributed by atoms with E-state index in [0.29, 0.717) is 21.6 Å². The minimum Gasteiger partial charge on any atom is -0.356 e. The zero-order chi connectivity index (χ0) is 21.6. The van der Waals surface area contributed by atoms with Crippen LogP contribution >= 0.6 is 23.4 Å². The van der Waals surface area contributed by atoms with Gasteiger partial charge in [0.2, 0.25) is 0 Å². The summed E-state index contributed by atoms with van der Waals surface area (Å²) < 4.78 is 0. The van der Waals surface area contributed by atoms with Crippen LogP contribution in [0.15, 0.2) is 65.8 Å². The Morgan fingerprint density at radius 2 is 1.81 bits per heavy atom. The topological polar surface area (TPSA) is 58.1 Å². The Bertz CT molecular complexity index is 1020. The van der Waals surface area contributed by atoms with Crippen LogP contribution in [0.4, 0.5) is 5.82 Å². The zero-order valence-corrected chi connectivity index (χ0v) is 19.0. The number of carbonyl (C=O) groups is 1. The van der Waals surface area contributed by atoms with Gasteiger partial charge < -0.3 is 10.2 Å². The number of rotatable bonds is 7. The summed E-state index contributed by atoms with van der Waals surface area (Å²) in [6, 6.07) is 19.4. The lowest BCUT2D eigenvalue weighted by molar-refractivity contribution is 0.0940. The fourth-order valence-electron chi connectivity index (χ4n) is 3.56. The van der Waals surface area contributed by atoms with Crippen molar-refractivity contribution in [2.24, 2.45) is 0 Å². The molecule has 4 rings (SSSR count). The highest BCUT2D eigenvalue weighted by atomic mass is 35.5. The number of hydrogen-bond acceptors (Lipinski definition) is 5. The summed E-state index contributed by atoms with van der Waals surface area (Å²) in [5, 5.41) is 4.19. The van der Waals surface area contributed by atoms with Crippen molar-refractivity contribution in [3.8, 4) is 0 Å². The summed E-state index contributed by atoms with van der Waals surface area (Å²) >= 11 is 7.76. The average Bonchev–Trinajstić information content (AvgIpc) is 3.33. The van der Waals surface area contributed by atoms with Crippen LogP contribution < -0.4 is 10.2 Å². The maximum Gasteiger partial charge on any atom is 0.251 e. The van der Waals surface area contributed by atoms with E-state index in [2.05, 4.69) is 20.2 Å². The van der Waals surface area contributed by atoms with Crippen molar-refractivity contribution in [1.29, 1.82) is 0 Å². The Labute approximate surface area is 192 Å². The number of amides is 1. The molecule has 1 fully saturated rings. The number of aromatic nitrogens is 2. The van der Waals surface area contributed by atoms with Gasteiger partial charge >= 0.3 is 0 Å². The predicted octanol–water partition coefficient (Wildman–Crippen LogP) is 5.51. The SMILES string of the molecule is CC(NC(=O)c1ccc(CSc2nc(Cl)cc(N3CCCC3)n2)cc1)c1ccccc1. The Balaban J connectivity index is 1.35. The van der Waals surface area contributed by atoms with Gasteiger partial charge in [0.15, 0.2) is 5.16 Å². The number of nitrogens with zero attached hydrogens (tertiary/aromatic N) is 3. The highest BCUT2D eigenvalue weighted by Crippen LogP contribution is 2.26. The standard InChI is InChI=1S/C24H25ClN4OS/c1-17(19-7-3-2-4-8-19)26-23(30)20-11-9-18(10-12-20)16-31-24-27-21(25)15-22(28-24)29-13-5-6-14-29/h2-4,7-12,15,17H,5-6,13-14,16H2,1H3,(H,26,30). The third kappa shape index (κ3) is 5.77. The molecule has 0 radical (unpaired) electrons. The summed E-state index contributed by atoms with van der Waals surface area (Å²) in [6.07, 6.45) is 2.38. The second-order valence-electron chi connectivity index (χ2n) is 7.62. The average molecular weight is 453 g/mol. The molecule has 1 saturated heterocycles. The van der Waals surface area contributed by atoms with Gasteiger partial charge in [-0.05, 0) is 43.0 Å². The number of halogens is 1. The molecule has 1 amide bonds. The van der Waals surface area contributed by atoms with Gasteiger partial charge in [0.1, 0.15) is 11.0 Å². The van der Waals surface area contributed by atoms with Gasteiger partial charge in [-0.2, -0.15) is 0 Å². The molecular weight excluding hydrogens is 428 g/mol. The lowest BCUT2D eigenvalue weighted by atomic mass is 10.1. The van der Waals surface area contributed by atoms with Gasteiger partial charge in [0, 0.05) is 30.5 Å². The maximum absolute atomic E-state index is 12.6. The molecule has 0 saturated carbocycles. The number of benzene rings is 2. The van der Waals surface area contributed by atoms with E-state index in [1.807, 2.05) is 67.6 Å². The van der Waals surface area contributed by atoms with Gasteiger partial charge in [0.25, 0.3) is 5.91 Å². The van der Waals surface area contributed by atoms with E-state index in [1.165, 1.54) is 12.8 Å². The zero-order valence-electron chi connectivity index (χ0n) is 17.4. The summed E-state index contributed by atoms with van der Waals surface area (Å²) in [7, 11) is 0. The van der Waals surface area contributed by atoms with Crippen molar-refractivity contribution >= 4 is 35.1 Å². The molecule has 2 heterocycles. The van der Waals surface area contributed by atoms with E-state index in [4.69, 9.17) is 11.6 Å². The third-order valence-corrected chi connectivity index (χ3v) is 6.43. The minimum absolute atomic E-state index is 0.0475. The smallest absolute Gasteiger partial charge is 0.251 e. The highest BCUT2D eigenvalue weighted by molar-refractivity contribution is 7.98. The molecule has 3 aromatic rings. The van der Waals surface area contributed by atoms with Gasteiger partial charge in [-0.25, -0.2) is 9.97 Å². The van der Waals surface area contributed by atoms with E-state index in [-0.39, 0.29) is 11.9 Å². The van der Waals surface area contributed by atoms with Crippen LogP contribution in [0.5, 0.6) is 0 Å². The summed E-state index contributed by atoms with van der Waals surface area (Å²) in [5.74, 6) is 1.53. The van der Waals surface area contributed by atoms with Gasteiger partial charge in [-0.3, -0.25) is 4.79 Å². The lowest BCUT2D eigenvalue weighted by Crippen LogP contribution is -2.26. The van der Waals surface area contributed by atoms with Crippen molar-refractivity contribution in [3.05, 3.63) is 82.5 Å². The van der Waals surface area contributed by atoms with Crippen LogP contribution in [-0.4, -0.2) is 29.0 Å². The molecule has 1 aliphatic rings. The fraction of sp³-hybridized carbons (Fsp3) is 0.292. The van der Waals surface area contributed by atoms with E-state index in [9.17, 15) is 4.79 Å². The molecule has 1 N–H and O–H groups in total. The van der Waals surface area contributed by atoms with E-state index < -0.39 is 0 Å². The monoisotopic (exact) mass is 452 g/mol. The summed E-state index contributed by atoms with van der Waals surface area (Å²) in [5.41, 5.74) is 2.83. The highest BCUT2D eigenvalue weighted by Gasteiger charge is 2.16. The van der Waals surface area contributed by atoms with Gasteiger partial charge in [-0.1, -0.05) is 65.8 Å². The van der Waals surface area contributed by atoms with E-state index >= 15 is 0 Å². The normalized spacial score (nSPS) is 14.5. The second kappa shape index (κ2) is 10.2. The van der Waals surface area contributed by atoms with Crippen molar-refractivity contribution in [3.63, 3.8) is 0 Å². The molecule has 31 heavy (non-hydrogen) atoms. The van der Waals surface area contributed by atoms with Crippen LogP contribution in [0.3, 0.4) is 0 Å². The number of thioether (sulfide) groups is 1. The van der Waals surface area contributed by atoms with Crippen molar-refractivity contribution in [1.82, 2.24) is 15.3 Å². The first-order valence-electron chi connectivity index (χ1n) is 10.5. The number of nitrogens with one attached hydrogen (secondary N) is 1. The molecule has 5 nitrogen and oxygen atoms in total. The van der Waals surface area contributed by atoms with Crippen LogP contribution in [0.1, 0.15) is 47.3 Å². The molecule has 160 valence electrons. The molecular formula is C24H25ClN4OS. The first-order chi connectivity index (χ1) is 15.1. The first kappa shape index (κ1) is 21.7. The molecule has 1 unspecified atom stereocenters. The molecule has 0 aliphatic carbocycles. The Hall–Kier alpha value is -2.57. The fourth-order valence-corrected chi connectivity index (χ4v) is 4.60. The van der Waals surface area contributed by atoms with Crippen LogP contribution in [0, 0.1) is 0 Å². The number of hydrogen-bond donors (Lipinski definition) is 1. The quantitative estimate of drug-likeness (QED) is 0.291. The third-order valence-electron chi connectivity index (χ3n) is 5.32. The van der Waals surface area contributed by atoms with Gasteiger partial charge in [-0.15, -0.1) is 0 Å². The first-order valence-corrected chi connectivity index (χ1v) is 11.8. The number of carbonyl (C=O) groups excluding carboxylic acids is 1.